The Hall–Kier alpha value is -1.49. The Labute approximate surface area is 114 Å². The summed E-state index contributed by atoms with van der Waals surface area (Å²) in [7, 11) is 2.16. The van der Waals surface area contributed by atoms with Crippen LogP contribution in [0.1, 0.15) is 37.7 Å². The van der Waals surface area contributed by atoms with Gasteiger partial charge in [-0.25, -0.2) is 9.97 Å². The number of anilines is 1. The molecule has 5 nitrogen and oxygen atoms in total. The maximum atomic E-state index is 10.8. The molecule has 0 spiro atoms. The molecule has 1 aromatic heterocycles. The van der Waals surface area contributed by atoms with Gasteiger partial charge in [-0.15, -0.1) is 0 Å². The van der Waals surface area contributed by atoms with Crippen LogP contribution < -0.4 is 5.32 Å². The number of nitrogens with zero attached hydrogens (tertiary/aromatic N) is 3. The first-order valence-corrected chi connectivity index (χ1v) is 6.89. The van der Waals surface area contributed by atoms with Crippen LogP contribution in [0, 0.1) is 0 Å². The van der Waals surface area contributed by atoms with Crippen molar-refractivity contribution >= 4 is 11.7 Å². The molecule has 1 aromatic rings. The van der Waals surface area contributed by atoms with Crippen molar-refractivity contribution in [3.63, 3.8) is 0 Å². The number of aromatic nitrogens is 2. The molecule has 2 rings (SSSR count). The quantitative estimate of drug-likeness (QED) is 0.875. The van der Waals surface area contributed by atoms with Crippen LogP contribution >= 0.6 is 0 Å². The summed E-state index contributed by atoms with van der Waals surface area (Å²) >= 11 is 0. The molecule has 2 heterocycles. The van der Waals surface area contributed by atoms with Crippen molar-refractivity contribution in [2.24, 2.45) is 0 Å². The Morgan fingerprint density at radius 1 is 1.47 bits per heavy atom. The molecular weight excluding hydrogens is 240 g/mol. The molecule has 104 valence electrons. The van der Waals surface area contributed by atoms with E-state index in [4.69, 9.17) is 0 Å². The van der Waals surface area contributed by atoms with Gasteiger partial charge in [-0.2, -0.15) is 0 Å². The average molecular weight is 262 g/mol. The van der Waals surface area contributed by atoms with Crippen LogP contribution in [0.4, 0.5) is 5.95 Å². The van der Waals surface area contributed by atoms with Gasteiger partial charge in [-0.05, 0) is 44.8 Å². The number of carbonyl (C=O) groups is 1. The zero-order valence-electron chi connectivity index (χ0n) is 11.7. The lowest BCUT2D eigenvalue weighted by Crippen LogP contribution is -2.30. The van der Waals surface area contributed by atoms with Crippen LogP contribution in [0.5, 0.6) is 0 Å². The van der Waals surface area contributed by atoms with Crippen molar-refractivity contribution in [3.8, 4) is 0 Å². The fraction of sp³-hybridized carbons (Fsp3) is 0.643. The molecule has 0 bridgehead atoms. The smallest absolute Gasteiger partial charge is 0.222 e. The second kappa shape index (κ2) is 6.61. The highest BCUT2D eigenvalue weighted by molar-refractivity contribution is 5.75. The SMILES string of the molecule is CC(=O)CCNc1ncc(C2CCCN(C)C2)cn1. The minimum Gasteiger partial charge on any atom is -0.354 e. The summed E-state index contributed by atoms with van der Waals surface area (Å²) in [5.74, 6) is 1.33. The van der Waals surface area contributed by atoms with Crippen molar-refractivity contribution in [1.82, 2.24) is 14.9 Å². The van der Waals surface area contributed by atoms with Crippen LogP contribution in [0.25, 0.3) is 0 Å². The molecule has 0 saturated carbocycles. The zero-order chi connectivity index (χ0) is 13.7. The van der Waals surface area contributed by atoms with E-state index in [0.717, 1.165) is 6.54 Å². The van der Waals surface area contributed by atoms with Crippen molar-refractivity contribution in [3.05, 3.63) is 18.0 Å². The highest BCUT2D eigenvalue weighted by Gasteiger charge is 2.19. The van der Waals surface area contributed by atoms with Crippen molar-refractivity contribution in [2.45, 2.75) is 32.1 Å². The number of ketones is 1. The molecule has 0 radical (unpaired) electrons. The molecule has 5 heteroatoms. The topological polar surface area (TPSA) is 58.1 Å². The maximum Gasteiger partial charge on any atom is 0.222 e. The predicted molar refractivity (Wildman–Crippen MR) is 75.3 cm³/mol. The molecule has 0 aliphatic carbocycles. The number of rotatable bonds is 5. The Balaban J connectivity index is 1.88. The Morgan fingerprint density at radius 3 is 2.84 bits per heavy atom. The summed E-state index contributed by atoms with van der Waals surface area (Å²) < 4.78 is 0. The molecular formula is C14H22N4O. The van der Waals surface area contributed by atoms with Crippen LogP contribution in [-0.2, 0) is 4.79 Å². The van der Waals surface area contributed by atoms with Gasteiger partial charge >= 0.3 is 0 Å². The second-order valence-electron chi connectivity index (χ2n) is 5.32. The first kappa shape index (κ1) is 13.9. The summed E-state index contributed by atoms with van der Waals surface area (Å²) in [5, 5.41) is 3.06. The van der Waals surface area contributed by atoms with Gasteiger partial charge in [0.25, 0.3) is 0 Å². The van der Waals surface area contributed by atoms with E-state index in [1.807, 2.05) is 12.4 Å². The van der Waals surface area contributed by atoms with Gasteiger partial charge in [-0.1, -0.05) is 0 Å². The number of hydrogen-bond acceptors (Lipinski definition) is 5. The van der Waals surface area contributed by atoms with E-state index < -0.39 is 0 Å². The first-order valence-electron chi connectivity index (χ1n) is 6.89. The van der Waals surface area contributed by atoms with E-state index in [1.54, 1.807) is 6.92 Å². The monoisotopic (exact) mass is 262 g/mol. The Kier molecular flexibility index (Phi) is 4.85. The van der Waals surface area contributed by atoms with E-state index in [0.29, 0.717) is 24.8 Å². The third-order valence-corrected chi connectivity index (χ3v) is 3.53. The number of likely N-dealkylation sites (tertiary alicyclic amines) is 1. The number of piperidine rings is 1. The molecule has 1 saturated heterocycles. The van der Waals surface area contributed by atoms with Gasteiger partial charge in [0.05, 0.1) is 0 Å². The minimum atomic E-state index is 0.175. The number of hydrogen-bond donors (Lipinski definition) is 1. The highest BCUT2D eigenvalue weighted by atomic mass is 16.1. The highest BCUT2D eigenvalue weighted by Crippen LogP contribution is 2.25. The third kappa shape index (κ3) is 4.28. The van der Waals surface area contributed by atoms with E-state index in [-0.39, 0.29) is 5.78 Å². The predicted octanol–water partition coefficient (Wildman–Crippen LogP) is 1.68. The van der Waals surface area contributed by atoms with Gasteiger partial charge < -0.3 is 10.2 Å². The van der Waals surface area contributed by atoms with Gasteiger partial charge in [0.2, 0.25) is 5.95 Å². The van der Waals surface area contributed by atoms with Gasteiger partial charge in [0.1, 0.15) is 5.78 Å². The van der Waals surface area contributed by atoms with E-state index in [1.165, 1.54) is 24.9 Å². The zero-order valence-corrected chi connectivity index (χ0v) is 11.7. The number of carbonyl (C=O) groups excluding carboxylic acids is 1. The van der Waals surface area contributed by atoms with Crippen LogP contribution in [-0.4, -0.2) is 47.3 Å². The lowest BCUT2D eigenvalue weighted by atomic mass is 9.93. The largest absolute Gasteiger partial charge is 0.354 e. The first-order chi connectivity index (χ1) is 9.15. The molecule has 1 unspecified atom stereocenters. The Bertz CT molecular complexity index is 418. The molecule has 1 N–H and O–H groups in total. The normalized spacial score (nSPS) is 20.2. The van der Waals surface area contributed by atoms with Crippen LogP contribution in [0.15, 0.2) is 12.4 Å². The molecule has 1 aliphatic rings. The van der Waals surface area contributed by atoms with Crippen LogP contribution in [0.2, 0.25) is 0 Å². The standard InChI is InChI=1S/C14H22N4O/c1-11(19)5-6-15-14-16-8-13(9-17-14)12-4-3-7-18(2)10-12/h8-9,12H,3-7,10H2,1-2H3,(H,15,16,17). The molecule has 1 aliphatic heterocycles. The molecule has 0 aromatic carbocycles. The summed E-state index contributed by atoms with van der Waals surface area (Å²) in [6.07, 6.45) is 6.78. The average Bonchev–Trinajstić information content (AvgIpc) is 2.39. The van der Waals surface area contributed by atoms with Crippen molar-refractivity contribution in [1.29, 1.82) is 0 Å². The van der Waals surface area contributed by atoms with Gasteiger partial charge in [0, 0.05) is 31.9 Å². The van der Waals surface area contributed by atoms with Crippen molar-refractivity contribution in [2.75, 3.05) is 32.0 Å². The fourth-order valence-corrected chi connectivity index (χ4v) is 2.43. The Morgan fingerprint density at radius 2 is 2.21 bits per heavy atom. The fourth-order valence-electron chi connectivity index (χ4n) is 2.43. The summed E-state index contributed by atoms with van der Waals surface area (Å²) in [5.41, 5.74) is 1.21. The molecule has 0 amide bonds. The van der Waals surface area contributed by atoms with Crippen molar-refractivity contribution < 1.29 is 4.79 Å². The van der Waals surface area contributed by atoms with E-state index in [2.05, 4.69) is 27.2 Å². The summed E-state index contributed by atoms with van der Waals surface area (Å²) in [4.78, 5) is 21.8. The summed E-state index contributed by atoms with van der Waals surface area (Å²) in [6, 6.07) is 0. The lowest BCUT2D eigenvalue weighted by Gasteiger charge is -2.29. The molecule has 19 heavy (non-hydrogen) atoms. The second-order valence-corrected chi connectivity index (χ2v) is 5.32. The lowest BCUT2D eigenvalue weighted by molar-refractivity contribution is -0.116. The number of likely N-dealkylation sites (N-methyl/N-ethyl adjacent to an activating group) is 1. The van der Waals surface area contributed by atoms with Gasteiger partial charge in [0.15, 0.2) is 0 Å². The van der Waals surface area contributed by atoms with Crippen LogP contribution in [0.3, 0.4) is 0 Å². The number of Topliss-reactive ketones (excluding diaryl/α,β-unsaturated/α-hetero) is 1. The summed E-state index contributed by atoms with van der Waals surface area (Å²) in [6.45, 7) is 4.45. The number of nitrogens with one attached hydrogen (secondary N) is 1. The maximum absolute atomic E-state index is 10.8. The molecule has 1 atom stereocenters. The minimum absolute atomic E-state index is 0.175. The molecule has 1 fully saturated rings. The van der Waals surface area contributed by atoms with E-state index in [9.17, 15) is 4.79 Å². The van der Waals surface area contributed by atoms with E-state index >= 15 is 0 Å². The van der Waals surface area contributed by atoms with Gasteiger partial charge in [-0.3, -0.25) is 4.79 Å². The third-order valence-electron chi connectivity index (χ3n) is 3.53.